The van der Waals surface area contributed by atoms with Gasteiger partial charge in [0.2, 0.25) is 10.0 Å². The Hall–Kier alpha value is -0.390. The third-order valence-electron chi connectivity index (χ3n) is 3.99. The van der Waals surface area contributed by atoms with Crippen LogP contribution in [0.4, 0.5) is 0 Å². The van der Waals surface area contributed by atoms with Crippen LogP contribution in [0.1, 0.15) is 32.6 Å². The van der Waals surface area contributed by atoms with Crippen LogP contribution >= 0.6 is 15.9 Å². The van der Waals surface area contributed by atoms with Crippen molar-refractivity contribution in [2.75, 3.05) is 7.05 Å². The van der Waals surface area contributed by atoms with E-state index in [9.17, 15) is 8.42 Å². The summed E-state index contributed by atoms with van der Waals surface area (Å²) in [6.07, 6.45) is 4.16. The first kappa shape index (κ1) is 15.0. The van der Waals surface area contributed by atoms with Gasteiger partial charge in [-0.1, -0.05) is 22.9 Å². The standard InChI is InChI=1S/C14H20BrNO2S/c1-11-3-7-13(8-4-11)16(2)19(17,18)14-9-5-12(15)6-10-14/h5-6,9-11,13H,3-4,7-8H2,1-2H3. The molecule has 0 atom stereocenters. The smallest absolute Gasteiger partial charge is 0.207 e. The first-order chi connectivity index (χ1) is 8.91. The highest BCUT2D eigenvalue weighted by molar-refractivity contribution is 9.10. The number of nitrogens with zero attached hydrogens (tertiary/aromatic N) is 1. The van der Waals surface area contributed by atoms with Crippen LogP contribution in [0.2, 0.25) is 0 Å². The summed E-state index contributed by atoms with van der Waals surface area (Å²) in [6.45, 7) is 2.24. The molecular weight excluding hydrogens is 326 g/mol. The third-order valence-corrected chi connectivity index (χ3v) is 6.44. The van der Waals surface area contributed by atoms with Crippen molar-refractivity contribution in [2.24, 2.45) is 5.92 Å². The Morgan fingerprint density at radius 3 is 2.16 bits per heavy atom. The first-order valence-electron chi connectivity index (χ1n) is 6.65. The molecule has 1 aromatic rings. The van der Waals surface area contributed by atoms with Crippen LogP contribution < -0.4 is 0 Å². The summed E-state index contributed by atoms with van der Waals surface area (Å²) in [5.74, 6) is 0.722. The van der Waals surface area contributed by atoms with Crippen LogP contribution in [-0.4, -0.2) is 25.8 Å². The lowest BCUT2D eigenvalue weighted by molar-refractivity contribution is 0.246. The van der Waals surface area contributed by atoms with Gasteiger partial charge in [0, 0.05) is 17.6 Å². The summed E-state index contributed by atoms with van der Waals surface area (Å²) in [5.41, 5.74) is 0. The van der Waals surface area contributed by atoms with Crippen LogP contribution in [-0.2, 0) is 10.0 Å². The van der Waals surface area contributed by atoms with Crippen molar-refractivity contribution >= 4 is 26.0 Å². The van der Waals surface area contributed by atoms with E-state index in [2.05, 4.69) is 22.9 Å². The molecule has 1 fully saturated rings. The predicted octanol–water partition coefficient (Wildman–Crippen LogP) is 3.65. The number of hydrogen-bond donors (Lipinski definition) is 0. The second kappa shape index (κ2) is 5.94. The van der Waals surface area contributed by atoms with Crippen LogP contribution in [0, 0.1) is 5.92 Å². The first-order valence-corrected chi connectivity index (χ1v) is 8.88. The summed E-state index contributed by atoms with van der Waals surface area (Å²) >= 11 is 3.32. The van der Waals surface area contributed by atoms with Gasteiger partial charge in [-0.3, -0.25) is 0 Å². The van der Waals surface area contributed by atoms with Gasteiger partial charge in [0.1, 0.15) is 0 Å². The summed E-state index contributed by atoms with van der Waals surface area (Å²) in [6, 6.07) is 6.99. The van der Waals surface area contributed by atoms with Crippen molar-refractivity contribution in [1.29, 1.82) is 0 Å². The second-order valence-corrected chi connectivity index (χ2v) is 8.30. The van der Waals surface area contributed by atoms with Gasteiger partial charge in [-0.25, -0.2) is 8.42 Å². The largest absolute Gasteiger partial charge is 0.243 e. The van der Waals surface area contributed by atoms with Crippen molar-refractivity contribution in [1.82, 2.24) is 4.31 Å². The SMILES string of the molecule is CC1CCC(N(C)S(=O)(=O)c2ccc(Br)cc2)CC1. The van der Waals surface area contributed by atoms with E-state index >= 15 is 0 Å². The molecule has 0 amide bonds. The number of halogens is 1. The molecule has 5 heteroatoms. The van der Waals surface area contributed by atoms with Gasteiger partial charge in [-0.15, -0.1) is 0 Å². The number of benzene rings is 1. The molecule has 106 valence electrons. The quantitative estimate of drug-likeness (QED) is 0.838. The van der Waals surface area contributed by atoms with Crippen LogP contribution in [0.5, 0.6) is 0 Å². The van der Waals surface area contributed by atoms with Gasteiger partial charge in [-0.05, 0) is 55.9 Å². The summed E-state index contributed by atoms with van der Waals surface area (Å²) in [7, 11) is -1.65. The molecule has 0 spiro atoms. The lowest BCUT2D eigenvalue weighted by atomic mass is 9.87. The molecule has 0 N–H and O–H groups in total. The summed E-state index contributed by atoms with van der Waals surface area (Å²) in [5, 5.41) is 0. The van der Waals surface area contributed by atoms with Crippen LogP contribution in [0.25, 0.3) is 0 Å². The van der Waals surface area contributed by atoms with Gasteiger partial charge in [0.25, 0.3) is 0 Å². The fourth-order valence-corrected chi connectivity index (χ4v) is 4.26. The van der Waals surface area contributed by atoms with E-state index in [1.807, 2.05) is 0 Å². The molecule has 0 saturated heterocycles. The average molecular weight is 346 g/mol. The molecule has 1 aliphatic rings. The molecule has 2 rings (SSSR count). The Balaban J connectivity index is 2.17. The normalized spacial score (nSPS) is 24.6. The van der Waals surface area contributed by atoms with Gasteiger partial charge in [-0.2, -0.15) is 4.31 Å². The maximum absolute atomic E-state index is 12.5. The molecule has 0 aliphatic heterocycles. The fourth-order valence-electron chi connectivity index (χ4n) is 2.58. The molecule has 3 nitrogen and oxygen atoms in total. The van der Waals surface area contributed by atoms with Gasteiger partial charge in [0.15, 0.2) is 0 Å². The molecule has 0 radical (unpaired) electrons. The van der Waals surface area contributed by atoms with Crippen LogP contribution in [0.3, 0.4) is 0 Å². The average Bonchev–Trinajstić information content (AvgIpc) is 2.39. The molecular formula is C14H20BrNO2S. The minimum absolute atomic E-state index is 0.143. The highest BCUT2D eigenvalue weighted by Crippen LogP contribution is 2.29. The van der Waals surface area contributed by atoms with Crippen molar-refractivity contribution < 1.29 is 8.42 Å². The minimum Gasteiger partial charge on any atom is -0.207 e. The van der Waals surface area contributed by atoms with Gasteiger partial charge < -0.3 is 0 Å². The number of sulfonamides is 1. The zero-order valence-electron chi connectivity index (χ0n) is 11.3. The van der Waals surface area contributed by atoms with Crippen molar-refractivity contribution in [2.45, 2.75) is 43.5 Å². The molecule has 1 saturated carbocycles. The Bertz CT molecular complexity index is 519. The minimum atomic E-state index is -3.36. The van der Waals surface area contributed by atoms with E-state index in [1.165, 1.54) is 0 Å². The van der Waals surface area contributed by atoms with E-state index in [4.69, 9.17) is 0 Å². The lowest BCUT2D eigenvalue weighted by Crippen LogP contribution is -2.39. The Morgan fingerprint density at radius 1 is 1.11 bits per heavy atom. The maximum Gasteiger partial charge on any atom is 0.243 e. The molecule has 1 aromatic carbocycles. The Labute approximate surface area is 124 Å². The van der Waals surface area contributed by atoms with Crippen molar-refractivity contribution in [3.05, 3.63) is 28.7 Å². The zero-order valence-corrected chi connectivity index (χ0v) is 13.7. The van der Waals surface area contributed by atoms with E-state index in [1.54, 1.807) is 35.6 Å². The molecule has 0 aromatic heterocycles. The predicted molar refractivity (Wildman–Crippen MR) is 80.5 cm³/mol. The highest BCUT2D eigenvalue weighted by atomic mass is 79.9. The number of hydrogen-bond acceptors (Lipinski definition) is 2. The molecule has 1 aliphatic carbocycles. The van der Waals surface area contributed by atoms with Gasteiger partial charge in [0.05, 0.1) is 4.90 Å². The van der Waals surface area contributed by atoms with Crippen LogP contribution in [0.15, 0.2) is 33.6 Å². The van der Waals surface area contributed by atoms with Crippen molar-refractivity contribution in [3.8, 4) is 0 Å². The summed E-state index contributed by atoms with van der Waals surface area (Å²) < 4.78 is 27.5. The third kappa shape index (κ3) is 3.38. The molecule has 0 unspecified atom stereocenters. The van der Waals surface area contributed by atoms with Crippen molar-refractivity contribution in [3.63, 3.8) is 0 Å². The highest BCUT2D eigenvalue weighted by Gasteiger charge is 2.30. The lowest BCUT2D eigenvalue weighted by Gasteiger charge is -2.32. The topological polar surface area (TPSA) is 37.4 Å². The molecule has 19 heavy (non-hydrogen) atoms. The van der Waals surface area contributed by atoms with E-state index in [-0.39, 0.29) is 6.04 Å². The van der Waals surface area contributed by atoms with E-state index in [0.29, 0.717) is 4.90 Å². The molecule has 0 bridgehead atoms. The second-order valence-electron chi connectivity index (χ2n) is 5.39. The monoisotopic (exact) mass is 345 g/mol. The zero-order chi connectivity index (χ0) is 14.0. The fraction of sp³-hybridized carbons (Fsp3) is 0.571. The summed E-state index contributed by atoms with van der Waals surface area (Å²) in [4.78, 5) is 0.372. The Kier molecular flexibility index (Phi) is 4.69. The van der Waals surface area contributed by atoms with E-state index < -0.39 is 10.0 Å². The Morgan fingerprint density at radius 2 is 1.63 bits per heavy atom. The molecule has 0 heterocycles. The maximum atomic E-state index is 12.5. The number of rotatable bonds is 3. The van der Waals surface area contributed by atoms with Gasteiger partial charge >= 0.3 is 0 Å². The van der Waals surface area contributed by atoms with E-state index in [0.717, 1.165) is 36.1 Å².